The maximum absolute atomic E-state index is 14.0. The van der Waals surface area contributed by atoms with Gasteiger partial charge in [-0.1, -0.05) is 11.6 Å². The summed E-state index contributed by atoms with van der Waals surface area (Å²) in [6, 6.07) is 7.04. The molecule has 2 aliphatic heterocycles. The highest BCUT2D eigenvalue weighted by molar-refractivity contribution is 6.30. The van der Waals surface area contributed by atoms with Gasteiger partial charge in [0.15, 0.2) is 5.82 Å². The van der Waals surface area contributed by atoms with Crippen molar-refractivity contribution in [3.63, 3.8) is 0 Å². The Labute approximate surface area is 211 Å². The molecule has 0 radical (unpaired) electrons. The lowest BCUT2D eigenvalue weighted by molar-refractivity contribution is -0.224. The third-order valence-electron chi connectivity index (χ3n) is 7.43. The Hall–Kier alpha value is -2.72. The number of alkyl halides is 3. The number of hydrogen-bond acceptors (Lipinski definition) is 5. The van der Waals surface area contributed by atoms with Crippen molar-refractivity contribution < 1.29 is 17.6 Å². The van der Waals surface area contributed by atoms with Crippen LogP contribution in [-0.4, -0.2) is 49.5 Å². The zero-order valence-corrected chi connectivity index (χ0v) is 21.0. The highest BCUT2D eigenvalue weighted by Gasteiger charge is 2.52. The van der Waals surface area contributed by atoms with Crippen LogP contribution in [0.3, 0.4) is 0 Å². The fraction of sp³-hybridized carbons (Fsp3) is 0.480. The minimum atomic E-state index is -4.43. The van der Waals surface area contributed by atoms with Crippen molar-refractivity contribution in [2.24, 2.45) is 0 Å². The second kappa shape index (κ2) is 8.99. The summed E-state index contributed by atoms with van der Waals surface area (Å²) in [4.78, 5) is 7.72. The molecule has 0 aliphatic carbocycles. The van der Waals surface area contributed by atoms with E-state index in [9.17, 15) is 17.6 Å². The van der Waals surface area contributed by atoms with Crippen LogP contribution >= 0.6 is 11.6 Å². The summed E-state index contributed by atoms with van der Waals surface area (Å²) in [7, 11) is 0. The number of nitrogens with zero attached hydrogens (tertiary/aromatic N) is 6. The molecule has 3 aromatic rings. The van der Waals surface area contributed by atoms with Crippen LogP contribution in [0.25, 0.3) is 5.69 Å². The van der Waals surface area contributed by atoms with E-state index in [1.54, 1.807) is 25.1 Å². The molecule has 1 fully saturated rings. The molecule has 0 spiro atoms. The van der Waals surface area contributed by atoms with Crippen LogP contribution in [0.15, 0.2) is 30.5 Å². The summed E-state index contributed by atoms with van der Waals surface area (Å²) < 4.78 is 57.4. The average molecular weight is 523 g/mol. The largest absolute Gasteiger partial charge is 0.406 e. The van der Waals surface area contributed by atoms with Gasteiger partial charge in [0.05, 0.1) is 18.4 Å². The molecule has 0 unspecified atom stereocenters. The number of anilines is 1. The number of hydrogen-bond donors (Lipinski definition) is 0. The summed E-state index contributed by atoms with van der Waals surface area (Å²) in [5, 5.41) is 9.30. The molecule has 0 bridgehead atoms. The molecule has 0 saturated carbocycles. The Balaban J connectivity index is 1.47. The van der Waals surface area contributed by atoms with Crippen LogP contribution in [-0.2, 0) is 13.1 Å². The number of benzene rings is 1. The fourth-order valence-electron chi connectivity index (χ4n) is 4.93. The van der Waals surface area contributed by atoms with Crippen molar-refractivity contribution in [2.75, 3.05) is 18.0 Å². The monoisotopic (exact) mass is 522 g/mol. The number of halogens is 5. The molecule has 2 aliphatic rings. The van der Waals surface area contributed by atoms with Crippen molar-refractivity contribution in [2.45, 2.75) is 64.3 Å². The first kappa shape index (κ1) is 25.0. The Morgan fingerprint density at radius 1 is 1.03 bits per heavy atom. The molecule has 0 N–H and O–H groups in total. The van der Waals surface area contributed by atoms with Crippen molar-refractivity contribution in [3.05, 3.63) is 64.1 Å². The lowest BCUT2D eigenvalue weighted by Crippen LogP contribution is -2.53. The van der Waals surface area contributed by atoms with E-state index in [0.717, 1.165) is 30.2 Å². The Morgan fingerprint density at radius 3 is 2.42 bits per heavy atom. The van der Waals surface area contributed by atoms with Crippen LogP contribution in [0.1, 0.15) is 55.4 Å². The van der Waals surface area contributed by atoms with Gasteiger partial charge in [0.1, 0.15) is 23.0 Å². The smallest absolute Gasteiger partial charge is 0.357 e. The molecular formula is C25H27ClF4N6. The molecule has 1 aromatic carbocycles. The lowest BCUT2D eigenvalue weighted by Gasteiger charge is -2.38. The number of aromatic nitrogens is 4. The van der Waals surface area contributed by atoms with E-state index in [-0.39, 0.29) is 24.8 Å². The van der Waals surface area contributed by atoms with Crippen LogP contribution in [0.2, 0.25) is 5.02 Å². The van der Waals surface area contributed by atoms with E-state index in [1.165, 1.54) is 24.9 Å². The van der Waals surface area contributed by atoms with Gasteiger partial charge in [0.25, 0.3) is 0 Å². The standard InChI is InChI=1S/C25H27ClF4N6/c1-15-10-21(31-12-19(15)27)34-8-6-16(7-9-34)23-33-32-22-14-35(24(2,3)25(28,29)30)13-17-11-18(26)4-5-20(17)36(22)23/h4-5,10-12,16H,6-9,13-14H2,1-3H3. The first-order valence-corrected chi connectivity index (χ1v) is 12.3. The zero-order valence-electron chi connectivity index (χ0n) is 20.3. The van der Waals surface area contributed by atoms with E-state index in [0.29, 0.717) is 35.1 Å². The van der Waals surface area contributed by atoms with E-state index in [2.05, 4.69) is 20.1 Å². The maximum atomic E-state index is 14.0. The van der Waals surface area contributed by atoms with Gasteiger partial charge >= 0.3 is 6.18 Å². The topological polar surface area (TPSA) is 50.1 Å². The molecule has 5 rings (SSSR count). The van der Waals surface area contributed by atoms with Gasteiger partial charge in [-0.25, -0.2) is 9.37 Å². The predicted octanol–water partition coefficient (Wildman–Crippen LogP) is 5.80. The normalized spacial score (nSPS) is 17.6. The highest BCUT2D eigenvalue weighted by atomic mass is 35.5. The summed E-state index contributed by atoms with van der Waals surface area (Å²) in [5.41, 5.74) is -0.0675. The third kappa shape index (κ3) is 4.34. The number of fused-ring (bicyclic) bond motifs is 3. The van der Waals surface area contributed by atoms with Gasteiger partial charge in [-0.3, -0.25) is 9.47 Å². The van der Waals surface area contributed by atoms with Gasteiger partial charge in [-0.05, 0) is 69.0 Å². The second-order valence-electron chi connectivity index (χ2n) is 10.0. The molecule has 36 heavy (non-hydrogen) atoms. The van der Waals surface area contributed by atoms with E-state index in [1.807, 2.05) is 10.6 Å². The minimum Gasteiger partial charge on any atom is -0.357 e. The number of rotatable bonds is 3. The quantitative estimate of drug-likeness (QED) is 0.407. The van der Waals surface area contributed by atoms with Gasteiger partial charge in [-0.15, -0.1) is 10.2 Å². The first-order valence-electron chi connectivity index (χ1n) is 11.9. The molecule has 4 heterocycles. The zero-order chi connectivity index (χ0) is 25.8. The average Bonchev–Trinajstić information content (AvgIpc) is 3.15. The molecule has 2 aromatic heterocycles. The molecule has 0 atom stereocenters. The van der Waals surface area contributed by atoms with Gasteiger partial charge in [-0.2, -0.15) is 13.2 Å². The van der Waals surface area contributed by atoms with Crippen LogP contribution in [0.5, 0.6) is 0 Å². The van der Waals surface area contributed by atoms with Gasteiger partial charge < -0.3 is 4.90 Å². The highest BCUT2D eigenvalue weighted by Crippen LogP contribution is 2.40. The molecule has 1 saturated heterocycles. The first-order chi connectivity index (χ1) is 17.0. The number of aryl methyl sites for hydroxylation is 1. The van der Waals surface area contributed by atoms with Gasteiger partial charge in [0, 0.05) is 30.6 Å². The van der Waals surface area contributed by atoms with Crippen LogP contribution < -0.4 is 4.90 Å². The SMILES string of the molecule is Cc1cc(N2CCC(c3nnc4n3-c3ccc(Cl)cc3CN(C(C)(C)C(F)(F)F)C4)CC2)ncc1F. The third-order valence-corrected chi connectivity index (χ3v) is 7.67. The van der Waals surface area contributed by atoms with Crippen molar-refractivity contribution in [1.29, 1.82) is 0 Å². The van der Waals surface area contributed by atoms with E-state index in [4.69, 9.17) is 11.6 Å². The number of pyridine rings is 1. The van der Waals surface area contributed by atoms with E-state index < -0.39 is 11.7 Å². The van der Waals surface area contributed by atoms with Crippen molar-refractivity contribution in [1.82, 2.24) is 24.6 Å². The minimum absolute atomic E-state index is 0.00340. The summed E-state index contributed by atoms with van der Waals surface area (Å²) in [6.07, 6.45) is -1.66. The fourth-order valence-corrected chi connectivity index (χ4v) is 5.12. The predicted molar refractivity (Wildman–Crippen MR) is 129 cm³/mol. The summed E-state index contributed by atoms with van der Waals surface area (Å²) >= 11 is 6.25. The molecule has 11 heteroatoms. The Bertz CT molecular complexity index is 1280. The van der Waals surface area contributed by atoms with Gasteiger partial charge in [0.2, 0.25) is 0 Å². The molecule has 6 nitrogen and oxygen atoms in total. The Kier molecular flexibility index (Phi) is 6.23. The van der Waals surface area contributed by atoms with Crippen LogP contribution in [0.4, 0.5) is 23.4 Å². The number of piperidine rings is 1. The second-order valence-corrected chi connectivity index (χ2v) is 10.5. The summed E-state index contributed by atoms with van der Waals surface area (Å²) in [6.45, 7) is 5.57. The molecule has 192 valence electrons. The Morgan fingerprint density at radius 2 is 1.75 bits per heavy atom. The maximum Gasteiger partial charge on any atom is 0.406 e. The van der Waals surface area contributed by atoms with Crippen molar-refractivity contribution >= 4 is 17.4 Å². The summed E-state index contributed by atoms with van der Waals surface area (Å²) in [5.74, 6) is 1.68. The molecular weight excluding hydrogens is 496 g/mol. The van der Waals surface area contributed by atoms with Crippen LogP contribution in [0, 0.1) is 12.7 Å². The van der Waals surface area contributed by atoms with Crippen molar-refractivity contribution in [3.8, 4) is 5.69 Å². The lowest BCUT2D eigenvalue weighted by atomic mass is 9.95. The molecule has 0 amide bonds. The van der Waals surface area contributed by atoms with E-state index >= 15 is 0 Å².